The summed E-state index contributed by atoms with van der Waals surface area (Å²) in [6.07, 6.45) is 2.66. The predicted molar refractivity (Wildman–Crippen MR) is 69.9 cm³/mol. The van der Waals surface area contributed by atoms with Gasteiger partial charge >= 0.3 is 5.69 Å². The topological polar surface area (TPSA) is 88.4 Å². The lowest BCUT2D eigenvalue weighted by Gasteiger charge is -2.30. The molecule has 102 valence electrons. The number of anilines is 1. The normalized spacial score (nSPS) is 19.4. The van der Waals surface area contributed by atoms with Crippen LogP contribution < -0.4 is 5.32 Å². The minimum atomic E-state index is -0.428. The van der Waals surface area contributed by atoms with E-state index in [2.05, 4.69) is 10.3 Å². The molecule has 1 N–H and O–H groups in total. The summed E-state index contributed by atoms with van der Waals surface area (Å²) < 4.78 is 0. The van der Waals surface area contributed by atoms with Gasteiger partial charge in [0.2, 0.25) is 11.7 Å². The Morgan fingerprint density at radius 3 is 2.95 bits per heavy atom. The van der Waals surface area contributed by atoms with Crippen LogP contribution in [0.25, 0.3) is 0 Å². The van der Waals surface area contributed by atoms with Crippen LogP contribution >= 0.6 is 0 Å². The second-order valence-electron chi connectivity index (χ2n) is 4.74. The molecule has 0 radical (unpaired) electrons. The maximum atomic E-state index is 11.4. The van der Waals surface area contributed by atoms with Crippen molar-refractivity contribution in [3.63, 3.8) is 0 Å². The molecule has 0 bridgehead atoms. The Bertz CT molecular complexity index is 518. The third-order valence-electron chi connectivity index (χ3n) is 3.28. The Labute approximate surface area is 110 Å². The lowest BCUT2D eigenvalue weighted by Crippen LogP contribution is -2.43. The average molecular weight is 264 g/mol. The second kappa shape index (κ2) is 5.21. The highest BCUT2D eigenvalue weighted by Crippen LogP contribution is 2.27. The molecular weight excluding hydrogens is 248 g/mol. The Morgan fingerprint density at radius 2 is 2.32 bits per heavy atom. The highest BCUT2D eigenvalue weighted by molar-refractivity contribution is 5.77. The van der Waals surface area contributed by atoms with Gasteiger partial charge in [-0.3, -0.25) is 14.9 Å². The number of hydrogen-bond acceptors (Lipinski definition) is 5. The van der Waals surface area contributed by atoms with Gasteiger partial charge in [0.15, 0.2) is 0 Å². The zero-order chi connectivity index (χ0) is 14.0. The molecule has 0 spiro atoms. The van der Waals surface area contributed by atoms with E-state index in [0.717, 1.165) is 0 Å². The number of nitrogens with one attached hydrogen (secondary N) is 1. The minimum absolute atomic E-state index is 0.00190. The third-order valence-corrected chi connectivity index (χ3v) is 3.28. The van der Waals surface area contributed by atoms with Crippen LogP contribution in [0.2, 0.25) is 0 Å². The van der Waals surface area contributed by atoms with E-state index < -0.39 is 4.92 Å². The van der Waals surface area contributed by atoms with Gasteiger partial charge in [0.1, 0.15) is 0 Å². The maximum absolute atomic E-state index is 11.4. The van der Waals surface area contributed by atoms with Gasteiger partial charge in [-0.15, -0.1) is 0 Å². The molecule has 2 rings (SSSR count). The third kappa shape index (κ3) is 2.81. The fourth-order valence-corrected chi connectivity index (χ4v) is 2.21. The number of aromatic nitrogens is 1. The number of pyridine rings is 1. The van der Waals surface area contributed by atoms with Crippen molar-refractivity contribution < 1.29 is 9.72 Å². The highest BCUT2D eigenvalue weighted by atomic mass is 16.6. The molecular formula is C12H16N4O3. The molecule has 0 aliphatic carbocycles. The van der Waals surface area contributed by atoms with Gasteiger partial charge in [0, 0.05) is 37.8 Å². The molecule has 1 amide bonds. The smallest absolute Gasteiger partial charge is 0.314 e. The van der Waals surface area contributed by atoms with Gasteiger partial charge in [0.05, 0.1) is 4.92 Å². The number of aryl methyl sites for hydroxylation is 1. The van der Waals surface area contributed by atoms with E-state index in [1.54, 1.807) is 31.1 Å². The van der Waals surface area contributed by atoms with E-state index >= 15 is 0 Å². The first kappa shape index (κ1) is 13.3. The predicted octanol–water partition coefficient (Wildman–Crippen LogP) is 1.33. The summed E-state index contributed by atoms with van der Waals surface area (Å²) >= 11 is 0. The van der Waals surface area contributed by atoms with Crippen LogP contribution in [0.3, 0.4) is 0 Å². The molecule has 1 atom stereocenters. The summed E-state index contributed by atoms with van der Waals surface area (Å²) in [5.41, 5.74) is 0.574. The molecule has 1 unspecified atom stereocenters. The average Bonchev–Trinajstić information content (AvgIpc) is 2.33. The summed E-state index contributed by atoms with van der Waals surface area (Å²) in [6.45, 7) is 2.22. The van der Waals surface area contributed by atoms with Crippen molar-refractivity contribution in [3.05, 3.63) is 27.9 Å². The number of carbonyl (C=O) groups is 1. The van der Waals surface area contributed by atoms with Crippen LogP contribution in [0.15, 0.2) is 12.3 Å². The summed E-state index contributed by atoms with van der Waals surface area (Å²) in [6, 6.07) is 1.61. The Morgan fingerprint density at radius 1 is 1.58 bits per heavy atom. The van der Waals surface area contributed by atoms with E-state index in [0.29, 0.717) is 24.9 Å². The SMILES string of the molecule is Cc1ccnc(NC2CCC(=O)N(C)C2)c1[N+](=O)[O-]. The van der Waals surface area contributed by atoms with Crippen LogP contribution in [0, 0.1) is 17.0 Å². The fraction of sp³-hybridized carbons (Fsp3) is 0.500. The Kier molecular flexibility index (Phi) is 3.64. The number of likely N-dealkylation sites (N-methyl/N-ethyl adjacent to an activating group) is 1. The van der Waals surface area contributed by atoms with Crippen molar-refractivity contribution in [2.45, 2.75) is 25.8 Å². The van der Waals surface area contributed by atoms with Crippen molar-refractivity contribution in [1.82, 2.24) is 9.88 Å². The Balaban J connectivity index is 2.18. The lowest BCUT2D eigenvalue weighted by molar-refractivity contribution is -0.384. The van der Waals surface area contributed by atoms with E-state index in [9.17, 15) is 14.9 Å². The van der Waals surface area contributed by atoms with Crippen molar-refractivity contribution in [2.75, 3.05) is 18.9 Å². The van der Waals surface area contributed by atoms with Gasteiger partial charge in [0.25, 0.3) is 0 Å². The van der Waals surface area contributed by atoms with E-state index in [1.165, 1.54) is 0 Å². The summed E-state index contributed by atoms with van der Waals surface area (Å²) in [4.78, 5) is 27.7. The van der Waals surface area contributed by atoms with E-state index in [4.69, 9.17) is 0 Å². The van der Waals surface area contributed by atoms with E-state index in [-0.39, 0.29) is 23.5 Å². The maximum Gasteiger partial charge on any atom is 0.314 e. The van der Waals surface area contributed by atoms with Crippen molar-refractivity contribution in [2.24, 2.45) is 0 Å². The van der Waals surface area contributed by atoms with Crippen LogP contribution in [-0.2, 0) is 4.79 Å². The molecule has 1 aliphatic heterocycles. The molecule has 2 heterocycles. The van der Waals surface area contributed by atoms with Crippen LogP contribution in [-0.4, -0.2) is 40.3 Å². The van der Waals surface area contributed by atoms with Crippen LogP contribution in [0.5, 0.6) is 0 Å². The molecule has 7 heteroatoms. The van der Waals surface area contributed by atoms with Gasteiger partial charge in [-0.2, -0.15) is 0 Å². The number of hydrogen-bond donors (Lipinski definition) is 1. The molecule has 19 heavy (non-hydrogen) atoms. The monoisotopic (exact) mass is 264 g/mol. The van der Waals surface area contributed by atoms with Gasteiger partial charge in [-0.25, -0.2) is 4.98 Å². The quantitative estimate of drug-likeness (QED) is 0.657. The number of rotatable bonds is 3. The number of amides is 1. The largest absolute Gasteiger partial charge is 0.360 e. The zero-order valence-electron chi connectivity index (χ0n) is 10.9. The van der Waals surface area contributed by atoms with Gasteiger partial charge < -0.3 is 10.2 Å². The fourth-order valence-electron chi connectivity index (χ4n) is 2.21. The number of carbonyl (C=O) groups excluding carboxylic acids is 1. The number of likely N-dealkylation sites (tertiary alicyclic amines) is 1. The number of nitrogens with zero attached hydrogens (tertiary/aromatic N) is 3. The standard InChI is InChI=1S/C12H16N4O3/c1-8-5-6-13-12(11(8)16(18)19)14-9-3-4-10(17)15(2)7-9/h5-6,9H,3-4,7H2,1-2H3,(H,13,14). The Hall–Kier alpha value is -2.18. The number of piperidine rings is 1. The number of nitro groups is 1. The van der Waals surface area contributed by atoms with Gasteiger partial charge in [-0.1, -0.05) is 0 Å². The minimum Gasteiger partial charge on any atom is -0.360 e. The molecule has 1 fully saturated rings. The van der Waals surface area contributed by atoms with E-state index in [1.807, 2.05) is 0 Å². The molecule has 0 aromatic carbocycles. The summed E-state index contributed by atoms with van der Waals surface area (Å²) in [5.74, 6) is 0.377. The lowest BCUT2D eigenvalue weighted by atomic mass is 10.1. The van der Waals surface area contributed by atoms with Gasteiger partial charge in [-0.05, 0) is 19.4 Å². The summed E-state index contributed by atoms with van der Waals surface area (Å²) in [7, 11) is 1.73. The van der Waals surface area contributed by atoms with Crippen molar-refractivity contribution in [1.29, 1.82) is 0 Å². The first-order valence-electron chi connectivity index (χ1n) is 6.09. The second-order valence-corrected chi connectivity index (χ2v) is 4.74. The molecule has 0 saturated carbocycles. The summed E-state index contributed by atoms with van der Waals surface area (Å²) in [5, 5.41) is 14.1. The van der Waals surface area contributed by atoms with Crippen LogP contribution in [0.1, 0.15) is 18.4 Å². The van der Waals surface area contributed by atoms with Crippen molar-refractivity contribution >= 4 is 17.4 Å². The van der Waals surface area contributed by atoms with Crippen molar-refractivity contribution in [3.8, 4) is 0 Å². The molecule has 1 aromatic heterocycles. The highest BCUT2D eigenvalue weighted by Gasteiger charge is 2.26. The van der Waals surface area contributed by atoms with Crippen LogP contribution in [0.4, 0.5) is 11.5 Å². The zero-order valence-corrected chi connectivity index (χ0v) is 10.9. The molecule has 1 aromatic rings. The first-order chi connectivity index (χ1) is 8.99. The molecule has 1 saturated heterocycles. The molecule has 1 aliphatic rings. The molecule has 7 nitrogen and oxygen atoms in total. The first-order valence-corrected chi connectivity index (χ1v) is 6.09.